The zero-order chi connectivity index (χ0) is 38.5. The minimum absolute atomic E-state index is 0.000242. The van der Waals surface area contributed by atoms with Crippen LogP contribution >= 0.6 is 0 Å². The number of rotatable bonds is 9. The van der Waals surface area contributed by atoms with Gasteiger partial charge >= 0.3 is 0 Å². The average molecular weight is 755 g/mol. The molecule has 0 saturated carbocycles. The molecule has 3 aliphatic rings. The molecule has 292 valence electrons. The second-order valence-corrected chi connectivity index (χ2v) is 13.1. The summed E-state index contributed by atoms with van der Waals surface area (Å²) in [4.78, 5) is 13.1. The lowest BCUT2D eigenvalue weighted by atomic mass is 9.96. The van der Waals surface area contributed by atoms with E-state index in [4.69, 9.17) is 37.6 Å². The molecule has 2 aromatic carbocycles. The van der Waals surface area contributed by atoms with Gasteiger partial charge < -0.3 is 88.6 Å². The van der Waals surface area contributed by atoms with Gasteiger partial charge in [0.2, 0.25) is 6.29 Å². The molecule has 6 rings (SSSR count). The van der Waals surface area contributed by atoms with Gasteiger partial charge in [-0.2, -0.15) is 0 Å². The van der Waals surface area contributed by atoms with Crippen LogP contribution in [0.1, 0.15) is 13.8 Å². The fourth-order valence-electron chi connectivity index (χ4n) is 6.44. The van der Waals surface area contributed by atoms with E-state index in [1.54, 1.807) is 0 Å². The Labute approximate surface area is 300 Å². The number of phenols is 2. The van der Waals surface area contributed by atoms with Gasteiger partial charge in [0, 0.05) is 23.8 Å². The second kappa shape index (κ2) is 15.6. The Morgan fingerprint density at radius 1 is 0.679 bits per heavy atom. The Bertz CT molecular complexity index is 1800. The summed E-state index contributed by atoms with van der Waals surface area (Å²) in [6.45, 7) is 1.95. The zero-order valence-electron chi connectivity index (χ0n) is 28.5. The van der Waals surface area contributed by atoms with Gasteiger partial charge in [0.15, 0.2) is 35.6 Å². The van der Waals surface area contributed by atoms with Crippen molar-refractivity contribution in [2.75, 3.05) is 13.7 Å². The minimum Gasteiger partial charge on any atom is -0.507 e. The maximum atomic E-state index is 13.1. The molecule has 0 bridgehead atoms. The van der Waals surface area contributed by atoms with Crippen LogP contribution in [0.15, 0.2) is 45.6 Å². The van der Waals surface area contributed by atoms with Crippen molar-refractivity contribution in [2.24, 2.45) is 0 Å². The van der Waals surface area contributed by atoms with Gasteiger partial charge in [0.05, 0.1) is 25.9 Å². The predicted molar refractivity (Wildman–Crippen MR) is 175 cm³/mol. The van der Waals surface area contributed by atoms with Crippen molar-refractivity contribution in [3.8, 4) is 34.3 Å². The number of phenolic OH excluding ortho intramolecular Hbond substituents is 2. The topological polar surface area (TPSA) is 297 Å². The molecular formula is C34H42O19. The van der Waals surface area contributed by atoms with Crippen LogP contribution < -0.4 is 14.9 Å². The first kappa shape index (κ1) is 39.0. The van der Waals surface area contributed by atoms with Crippen molar-refractivity contribution in [1.82, 2.24) is 0 Å². The van der Waals surface area contributed by atoms with Crippen molar-refractivity contribution < 1.29 is 88.6 Å². The smallest absolute Gasteiger partial charge is 0.229 e. The lowest BCUT2D eigenvalue weighted by Crippen LogP contribution is -2.66. The quantitative estimate of drug-likeness (QED) is 0.110. The van der Waals surface area contributed by atoms with Crippen LogP contribution in [0.2, 0.25) is 0 Å². The van der Waals surface area contributed by atoms with E-state index < -0.39 is 110 Å². The van der Waals surface area contributed by atoms with E-state index in [0.29, 0.717) is 0 Å². The Balaban J connectivity index is 1.34. The minimum atomic E-state index is -1.89. The molecule has 19 nitrogen and oxygen atoms in total. The summed E-state index contributed by atoms with van der Waals surface area (Å²) in [6, 6.07) is 7.63. The van der Waals surface area contributed by atoms with Crippen LogP contribution in [0.25, 0.3) is 22.3 Å². The molecule has 0 amide bonds. The lowest BCUT2D eigenvalue weighted by Gasteiger charge is -2.48. The SMILES string of the molecule is COc1ccc(-c2cc(=O)c3c(O)cc(OC4OC(CO)C(OC5OC(C)C(O)C(O)C5O)C(O)C4OC4OC(C)C(O)C(O)C4O)cc3o2)cc1O. The number of aliphatic hydroxyl groups excluding tert-OH is 8. The standard InChI is InChI=1S/C34H42O19/c1-11-23(39)25(41)27(43)32(47-11)52-30-21(10-35)51-34(31(29(30)45)53-33-28(44)26(42)24(40)12(2)48-33)49-14-7-16(37)22-17(38)9-19(50-20(22)8-14)13-4-5-18(46-3)15(36)6-13/h4-9,11-12,21,23-37,39-45H,10H2,1-3H3. The average Bonchev–Trinajstić information content (AvgIpc) is 3.12. The molecule has 15 unspecified atom stereocenters. The third-order valence-corrected chi connectivity index (χ3v) is 9.50. The highest BCUT2D eigenvalue weighted by molar-refractivity contribution is 5.86. The summed E-state index contributed by atoms with van der Waals surface area (Å²) in [5, 5.41) is 105. The van der Waals surface area contributed by atoms with Gasteiger partial charge in [0.25, 0.3) is 0 Å². The Kier molecular flexibility index (Phi) is 11.5. The fraction of sp³-hybridized carbons (Fsp3) is 0.559. The number of methoxy groups -OCH3 is 1. The molecule has 3 aliphatic heterocycles. The molecule has 0 aliphatic carbocycles. The summed E-state index contributed by atoms with van der Waals surface area (Å²) < 4.78 is 45.7. The normalized spacial score (nSPS) is 37.8. The molecule has 1 aromatic heterocycles. The second-order valence-electron chi connectivity index (χ2n) is 13.1. The molecular weight excluding hydrogens is 712 g/mol. The Morgan fingerprint density at radius 3 is 1.85 bits per heavy atom. The van der Waals surface area contributed by atoms with E-state index in [-0.39, 0.29) is 39.5 Å². The number of hydrogen-bond acceptors (Lipinski definition) is 19. The monoisotopic (exact) mass is 754 g/mol. The fourth-order valence-corrected chi connectivity index (χ4v) is 6.44. The van der Waals surface area contributed by atoms with Gasteiger partial charge in [-0.1, -0.05) is 0 Å². The van der Waals surface area contributed by atoms with Crippen molar-refractivity contribution in [1.29, 1.82) is 0 Å². The molecule has 3 fully saturated rings. The predicted octanol–water partition coefficient (Wildman–Crippen LogP) is -2.24. The van der Waals surface area contributed by atoms with E-state index >= 15 is 0 Å². The van der Waals surface area contributed by atoms with Crippen molar-refractivity contribution in [3.63, 3.8) is 0 Å². The molecule has 4 heterocycles. The van der Waals surface area contributed by atoms with Crippen LogP contribution in [0.4, 0.5) is 0 Å². The van der Waals surface area contributed by atoms with Gasteiger partial charge in [0.1, 0.15) is 83.2 Å². The van der Waals surface area contributed by atoms with Gasteiger partial charge in [-0.05, 0) is 32.0 Å². The summed E-state index contributed by atoms with van der Waals surface area (Å²) in [6.07, 6.45) is -24.1. The Hall–Kier alpha value is -3.67. The van der Waals surface area contributed by atoms with E-state index in [0.717, 1.165) is 12.1 Å². The number of aliphatic hydroxyl groups is 8. The summed E-state index contributed by atoms with van der Waals surface area (Å²) in [5.41, 5.74) is -0.543. The lowest BCUT2D eigenvalue weighted by molar-refractivity contribution is -0.376. The van der Waals surface area contributed by atoms with E-state index in [2.05, 4.69) is 0 Å². The van der Waals surface area contributed by atoms with E-state index in [1.165, 1.54) is 45.2 Å². The van der Waals surface area contributed by atoms with Gasteiger partial charge in [-0.25, -0.2) is 0 Å². The molecule has 3 saturated heterocycles. The Morgan fingerprint density at radius 2 is 1.28 bits per heavy atom. The molecule has 10 N–H and O–H groups in total. The van der Waals surface area contributed by atoms with Crippen molar-refractivity contribution >= 4 is 11.0 Å². The van der Waals surface area contributed by atoms with Crippen LogP contribution in [-0.4, -0.2) is 157 Å². The summed E-state index contributed by atoms with van der Waals surface area (Å²) >= 11 is 0. The highest BCUT2D eigenvalue weighted by Gasteiger charge is 2.54. The maximum absolute atomic E-state index is 13.1. The molecule has 15 atom stereocenters. The van der Waals surface area contributed by atoms with Crippen molar-refractivity contribution in [3.05, 3.63) is 46.6 Å². The molecule has 53 heavy (non-hydrogen) atoms. The van der Waals surface area contributed by atoms with Crippen LogP contribution in [0.5, 0.6) is 23.0 Å². The van der Waals surface area contributed by atoms with Gasteiger partial charge in [-0.15, -0.1) is 0 Å². The first-order chi connectivity index (χ1) is 25.1. The largest absolute Gasteiger partial charge is 0.507 e. The number of ether oxygens (including phenoxy) is 7. The third kappa shape index (κ3) is 7.54. The first-order valence-corrected chi connectivity index (χ1v) is 16.6. The molecule has 0 spiro atoms. The van der Waals surface area contributed by atoms with E-state index in [1.807, 2.05) is 0 Å². The molecule has 3 aromatic rings. The van der Waals surface area contributed by atoms with Crippen LogP contribution in [0, 0.1) is 0 Å². The van der Waals surface area contributed by atoms with Crippen LogP contribution in [-0.2, 0) is 23.7 Å². The van der Waals surface area contributed by atoms with Gasteiger partial charge in [-0.3, -0.25) is 4.79 Å². The first-order valence-electron chi connectivity index (χ1n) is 16.6. The number of benzene rings is 2. The maximum Gasteiger partial charge on any atom is 0.229 e. The number of fused-ring (bicyclic) bond motifs is 1. The highest BCUT2D eigenvalue weighted by atomic mass is 16.8. The zero-order valence-corrected chi connectivity index (χ0v) is 28.5. The molecule has 19 heteroatoms. The van der Waals surface area contributed by atoms with E-state index in [9.17, 15) is 55.9 Å². The number of hydrogen-bond donors (Lipinski definition) is 10. The third-order valence-electron chi connectivity index (χ3n) is 9.50. The summed E-state index contributed by atoms with van der Waals surface area (Å²) in [5.74, 6) is -0.866. The number of aromatic hydroxyl groups is 2. The highest BCUT2D eigenvalue weighted by Crippen LogP contribution is 2.37. The summed E-state index contributed by atoms with van der Waals surface area (Å²) in [7, 11) is 1.36. The molecule has 0 radical (unpaired) electrons. The van der Waals surface area contributed by atoms with Crippen LogP contribution in [0.3, 0.4) is 0 Å². The van der Waals surface area contributed by atoms with Crippen molar-refractivity contribution in [2.45, 2.75) is 106 Å².